The van der Waals surface area contributed by atoms with Gasteiger partial charge >= 0.3 is 0 Å². The molecule has 0 radical (unpaired) electrons. The maximum Gasteiger partial charge on any atom is 0.248 e. The molecule has 3 aliphatic heterocycles. The smallest absolute Gasteiger partial charge is 0.248 e. The average molecular weight is 629 g/mol. The summed E-state index contributed by atoms with van der Waals surface area (Å²) in [4.78, 5) is 48.8. The first-order valence-corrected chi connectivity index (χ1v) is 16.3. The maximum absolute atomic E-state index is 14.8. The molecule has 6 rings (SSSR count). The number of hydrogen-bond donors (Lipinski definition) is 1. The zero-order chi connectivity index (χ0) is 31.9. The quantitative estimate of drug-likeness (QED) is 0.306. The predicted octanol–water partition coefficient (Wildman–Crippen LogP) is 3.48. The minimum Gasteiger partial charge on any atom is -0.394 e. The van der Waals surface area contributed by atoms with Gasteiger partial charge in [0.25, 0.3) is 0 Å². The van der Waals surface area contributed by atoms with E-state index in [2.05, 4.69) is 30.4 Å². The molecule has 3 aromatic rings. The SMILES string of the molecule is C=CCN(Cn1nnc2ccccc21)C(=O)C1N([C@H](C)CO)C(=O)[C@@H]2[C@H](C(=O)N(CC=C)Cc3ccccc3)[C@]3(C)CCC12S3. The number of aromatic nitrogens is 3. The molecule has 0 aliphatic carbocycles. The first-order chi connectivity index (χ1) is 21.7. The number of rotatable bonds is 12. The van der Waals surface area contributed by atoms with Gasteiger partial charge in [-0.3, -0.25) is 14.4 Å². The number of benzene rings is 2. The Hall–Kier alpha value is -3.96. The van der Waals surface area contributed by atoms with Crippen LogP contribution in [0.5, 0.6) is 0 Å². The van der Waals surface area contributed by atoms with Crippen molar-refractivity contribution in [2.45, 2.75) is 61.5 Å². The van der Waals surface area contributed by atoms with Crippen molar-refractivity contribution in [3.05, 3.63) is 85.5 Å². The van der Waals surface area contributed by atoms with Crippen molar-refractivity contribution < 1.29 is 19.5 Å². The molecule has 11 heteroatoms. The lowest BCUT2D eigenvalue weighted by atomic mass is 9.66. The van der Waals surface area contributed by atoms with E-state index < -0.39 is 33.4 Å². The maximum atomic E-state index is 14.8. The lowest BCUT2D eigenvalue weighted by Gasteiger charge is -2.39. The van der Waals surface area contributed by atoms with Crippen LogP contribution in [0.2, 0.25) is 0 Å². The van der Waals surface area contributed by atoms with E-state index in [1.165, 1.54) is 0 Å². The van der Waals surface area contributed by atoms with Gasteiger partial charge in [0.2, 0.25) is 17.7 Å². The van der Waals surface area contributed by atoms with E-state index in [0.29, 0.717) is 31.4 Å². The molecule has 1 aromatic heterocycles. The molecule has 1 spiro atoms. The zero-order valence-corrected chi connectivity index (χ0v) is 26.6. The van der Waals surface area contributed by atoms with Crippen molar-refractivity contribution in [1.29, 1.82) is 0 Å². The molecule has 3 fully saturated rings. The van der Waals surface area contributed by atoms with Gasteiger partial charge in [0.1, 0.15) is 18.2 Å². The Bertz CT molecular complexity index is 1630. The minimum atomic E-state index is -0.863. The monoisotopic (exact) mass is 628 g/mol. The van der Waals surface area contributed by atoms with Crippen molar-refractivity contribution in [1.82, 2.24) is 29.7 Å². The Morgan fingerprint density at radius 2 is 1.76 bits per heavy atom. The van der Waals surface area contributed by atoms with Crippen LogP contribution in [0.1, 0.15) is 32.3 Å². The van der Waals surface area contributed by atoms with Gasteiger partial charge in [-0.1, -0.05) is 59.8 Å². The molecule has 3 saturated heterocycles. The zero-order valence-electron chi connectivity index (χ0n) is 25.8. The van der Waals surface area contributed by atoms with Crippen LogP contribution in [0.25, 0.3) is 11.0 Å². The molecule has 3 aliphatic rings. The Morgan fingerprint density at radius 1 is 1.07 bits per heavy atom. The van der Waals surface area contributed by atoms with Crippen LogP contribution >= 0.6 is 11.8 Å². The molecule has 236 valence electrons. The summed E-state index contributed by atoms with van der Waals surface area (Å²) in [6.07, 6.45) is 4.69. The Labute approximate surface area is 267 Å². The summed E-state index contributed by atoms with van der Waals surface area (Å²) in [5, 5.41) is 18.8. The van der Waals surface area contributed by atoms with E-state index in [1.807, 2.05) is 54.6 Å². The predicted molar refractivity (Wildman–Crippen MR) is 174 cm³/mol. The lowest BCUT2D eigenvalue weighted by Crippen LogP contribution is -2.57. The number of amides is 3. The molecule has 4 heterocycles. The first-order valence-electron chi connectivity index (χ1n) is 15.4. The van der Waals surface area contributed by atoms with Gasteiger partial charge in [-0.05, 0) is 44.4 Å². The van der Waals surface area contributed by atoms with Gasteiger partial charge in [0.15, 0.2) is 0 Å². The molecule has 0 saturated carbocycles. The van der Waals surface area contributed by atoms with E-state index in [-0.39, 0.29) is 37.5 Å². The highest BCUT2D eigenvalue weighted by molar-refractivity contribution is 8.02. The number of para-hydroxylation sites is 1. The number of nitrogens with zero attached hydrogens (tertiary/aromatic N) is 6. The summed E-state index contributed by atoms with van der Waals surface area (Å²) in [6.45, 7) is 12.4. The van der Waals surface area contributed by atoms with Crippen LogP contribution in [-0.2, 0) is 27.6 Å². The average Bonchev–Trinajstić information content (AvgIpc) is 3.75. The molecule has 2 aromatic carbocycles. The van der Waals surface area contributed by atoms with Gasteiger partial charge in [0, 0.05) is 24.4 Å². The number of thioether (sulfide) groups is 1. The number of likely N-dealkylation sites (tertiary alicyclic amines) is 1. The van der Waals surface area contributed by atoms with Crippen LogP contribution < -0.4 is 0 Å². The van der Waals surface area contributed by atoms with Crippen molar-refractivity contribution in [3.8, 4) is 0 Å². The molecular weight excluding hydrogens is 588 g/mol. The van der Waals surface area contributed by atoms with Crippen LogP contribution in [0.4, 0.5) is 0 Å². The van der Waals surface area contributed by atoms with E-state index >= 15 is 0 Å². The largest absolute Gasteiger partial charge is 0.394 e. The number of hydrogen-bond acceptors (Lipinski definition) is 7. The summed E-state index contributed by atoms with van der Waals surface area (Å²) in [7, 11) is 0. The fourth-order valence-corrected chi connectivity index (χ4v) is 10.0. The molecule has 10 nitrogen and oxygen atoms in total. The van der Waals surface area contributed by atoms with Gasteiger partial charge in [-0.2, -0.15) is 0 Å². The topological polar surface area (TPSA) is 112 Å². The summed E-state index contributed by atoms with van der Waals surface area (Å²) >= 11 is 1.62. The van der Waals surface area contributed by atoms with Gasteiger partial charge < -0.3 is 19.8 Å². The number of carbonyl (C=O) groups excluding carboxylic acids is 3. The second kappa shape index (κ2) is 12.1. The third-order valence-electron chi connectivity index (χ3n) is 9.72. The number of aliphatic hydroxyl groups excluding tert-OH is 1. The van der Waals surface area contributed by atoms with Crippen molar-refractivity contribution in [2.75, 3.05) is 19.7 Å². The van der Waals surface area contributed by atoms with E-state index in [0.717, 1.165) is 11.1 Å². The summed E-state index contributed by atoms with van der Waals surface area (Å²) < 4.78 is 0.335. The van der Waals surface area contributed by atoms with Gasteiger partial charge in [-0.15, -0.1) is 30.0 Å². The van der Waals surface area contributed by atoms with E-state index in [9.17, 15) is 19.5 Å². The normalized spacial score (nSPS) is 27.4. The Balaban J connectivity index is 1.38. The van der Waals surface area contributed by atoms with Crippen LogP contribution in [-0.4, -0.2) is 93.8 Å². The standard InChI is InChI=1S/C34H40N6O4S/c1-5-18-37(20-24-12-8-7-9-13-24)30(42)27-28-31(43)40(23(3)21-41)29(34(28)17-16-33(27,4)45-34)32(44)38(19-6-2)22-39-26-15-11-10-14-25(26)35-36-39/h5-15,23,27-29,41H,1-2,16-22H2,3-4H3/t23-,27-,28+,29?,33+,34?/m1/s1. The Kier molecular flexibility index (Phi) is 8.34. The van der Waals surface area contributed by atoms with Gasteiger partial charge in [-0.25, -0.2) is 4.68 Å². The molecule has 45 heavy (non-hydrogen) atoms. The third-order valence-corrected chi connectivity index (χ3v) is 11.7. The summed E-state index contributed by atoms with van der Waals surface area (Å²) in [5.41, 5.74) is 2.49. The Morgan fingerprint density at radius 3 is 2.47 bits per heavy atom. The number of aliphatic hydroxyl groups is 1. The third kappa shape index (κ3) is 5.06. The number of carbonyl (C=O) groups is 3. The fraction of sp³-hybridized carbons (Fsp3) is 0.441. The second-order valence-corrected chi connectivity index (χ2v) is 14.5. The molecule has 2 bridgehead atoms. The van der Waals surface area contributed by atoms with Crippen molar-refractivity contribution in [2.24, 2.45) is 11.8 Å². The molecule has 6 atom stereocenters. The van der Waals surface area contributed by atoms with Crippen molar-refractivity contribution >= 4 is 40.5 Å². The van der Waals surface area contributed by atoms with Crippen LogP contribution in [0, 0.1) is 11.8 Å². The highest BCUT2D eigenvalue weighted by Crippen LogP contribution is 2.72. The van der Waals surface area contributed by atoms with Crippen molar-refractivity contribution in [3.63, 3.8) is 0 Å². The minimum absolute atomic E-state index is 0.101. The highest BCUT2D eigenvalue weighted by Gasteiger charge is 2.77. The molecular formula is C34H40N6O4S. The lowest BCUT2D eigenvalue weighted by molar-refractivity contribution is -0.148. The molecule has 3 amide bonds. The number of fused-ring (bicyclic) bond motifs is 2. The van der Waals surface area contributed by atoms with Crippen LogP contribution in [0.3, 0.4) is 0 Å². The second-order valence-electron chi connectivity index (χ2n) is 12.6. The highest BCUT2D eigenvalue weighted by atomic mass is 32.2. The first kappa shape index (κ1) is 31.0. The van der Waals surface area contributed by atoms with E-state index in [1.54, 1.807) is 50.2 Å². The molecule has 1 N–H and O–H groups in total. The molecule has 2 unspecified atom stereocenters. The summed E-state index contributed by atoms with van der Waals surface area (Å²) in [6, 6.07) is 15.8. The van der Waals surface area contributed by atoms with Gasteiger partial charge in [0.05, 0.1) is 34.7 Å². The fourth-order valence-electron chi connectivity index (χ4n) is 7.70. The van der Waals surface area contributed by atoms with Crippen LogP contribution in [0.15, 0.2) is 79.9 Å². The summed E-state index contributed by atoms with van der Waals surface area (Å²) in [5.74, 6) is -1.91. The van der Waals surface area contributed by atoms with E-state index in [4.69, 9.17) is 0 Å².